The van der Waals surface area contributed by atoms with Crippen molar-refractivity contribution in [2.24, 2.45) is 0 Å². The molecule has 10 heteroatoms. The number of nitrogens with zero attached hydrogens (tertiary/aromatic N) is 2. The van der Waals surface area contributed by atoms with Crippen LogP contribution in [-0.2, 0) is 4.79 Å². The van der Waals surface area contributed by atoms with Gasteiger partial charge in [0.05, 0.1) is 50.6 Å². The summed E-state index contributed by atoms with van der Waals surface area (Å²) in [5.41, 5.74) is 3.56. The lowest BCUT2D eigenvalue weighted by Gasteiger charge is -2.19. The maximum absolute atomic E-state index is 13.5. The number of anilines is 1. The summed E-state index contributed by atoms with van der Waals surface area (Å²) in [7, 11) is 6.13. The molecule has 1 N–H and O–H groups in total. The summed E-state index contributed by atoms with van der Waals surface area (Å²) in [6, 6.07) is 22.4. The number of carbonyl (C=O) groups is 1. The molecule has 0 radical (unpaired) electrons. The lowest BCUT2D eigenvalue weighted by atomic mass is 9.98. The lowest BCUT2D eigenvalue weighted by Crippen LogP contribution is -2.25. The summed E-state index contributed by atoms with van der Waals surface area (Å²) in [6.45, 7) is 1.90. The molecule has 0 bridgehead atoms. The highest BCUT2D eigenvalue weighted by molar-refractivity contribution is 8.00. The topological polar surface area (TPSA) is 103 Å². The first-order chi connectivity index (χ1) is 20.4. The molecule has 0 aliphatic carbocycles. The lowest BCUT2D eigenvalue weighted by molar-refractivity contribution is -0.115. The Hall–Kier alpha value is -4.39. The highest BCUT2D eigenvalue weighted by Crippen LogP contribution is 2.44. The van der Waals surface area contributed by atoms with Crippen molar-refractivity contribution in [2.45, 2.75) is 23.6 Å². The number of pyridine rings is 1. The van der Waals surface area contributed by atoms with E-state index < -0.39 is 5.25 Å². The summed E-state index contributed by atoms with van der Waals surface area (Å²) < 4.78 is 22.0. The largest absolute Gasteiger partial charge is 0.495 e. The molecule has 3 aromatic carbocycles. The molecule has 1 heterocycles. The van der Waals surface area contributed by atoms with Crippen molar-refractivity contribution in [2.75, 3.05) is 33.8 Å². The van der Waals surface area contributed by atoms with Crippen molar-refractivity contribution >= 4 is 35.0 Å². The molecule has 1 aromatic heterocycles. The Morgan fingerprint density at radius 3 is 2.17 bits per heavy atom. The first kappa shape index (κ1) is 30.6. The summed E-state index contributed by atoms with van der Waals surface area (Å²) in [5.74, 6) is 1.55. The van der Waals surface area contributed by atoms with Crippen LogP contribution < -0.4 is 24.3 Å². The summed E-state index contributed by atoms with van der Waals surface area (Å²) >= 11 is 7.39. The minimum atomic E-state index is -0.577. The highest BCUT2D eigenvalue weighted by Gasteiger charge is 2.25. The molecule has 8 nitrogen and oxygen atoms in total. The van der Waals surface area contributed by atoms with Crippen molar-refractivity contribution in [3.8, 4) is 51.5 Å². The number of methoxy groups -OCH3 is 4. The van der Waals surface area contributed by atoms with E-state index in [0.29, 0.717) is 67.5 Å². The van der Waals surface area contributed by atoms with Crippen LogP contribution in [0.1, 0.15) is 18.9 Å². The third-order valence-corrected chi connectivity index (χ3v) is 8.07. The second-order valence-corrected chi connectivity index (χ2v) is 10.6. The molecule has 1 unspecified atom stereocenters. The monoisotopic (exact) mass is 603 g/mol. The number of benzene rings is 3. The van der Waals surface area contributed by atoms with Crippen LogP contribution in [0, 0.1) is 11.3 Å². The van der Waals surface area contributed by atoms with Crippen LogP contribution in [0.25, 0.3) is 22.4 Å². The maximum atomic E-state index is 13.5. The Morgan fingerprint density at radius 1 is 0.929 bits per heavy atom. The molecule has 42 heavy (non-hydrogen) atoms. The Labute approximate surface area is 254 Å². The summed E-state index contributed by atoms with van der Waals surface area (Å²) in [4.78, 5) is 18.4. The van der Waals surface area contributed by atoms with E-state index in [9.17, 15) is 10.1 Å². The summed E-state index contributed by atoms with van der Waals surface area (Å²) in [6.07, 6.45) is 0.473. The van der Waals surface area contributed by atoms with Crippen molar-refractivity contribution in [3.63, 3.8) is 0 Å². The van der Waals surface area contributed by atoms with Crippen molar-refractivity contribution < 1.29 is 23.7 Å². The first-order valence-corrected chi connectivity index (χ1v) is 14.2. The normalized spacial score (nSPS) is 11.3. The van der Waals surface area contributed by atoms with Crippen LogP contribution in [0.5, 0.6) is 23.0 Å². The van der Waals surface area contributed by atoms with Gasteiger partial charge < -0.3 is 24.3 Å². The van der Waals surface area contributed by atoms with E-state index in [-0.39, 0.29) is 5.91 Å². The number of aromatic nitrogens is 1. The molecule has 0 saturated carbocycles. The van der Waals surface area contributed by atoms with E-state index >= 15 is 0 Å². The molecular weight excluding hydrogens is 574 g/mol. The number of amides is 1. The van der Waals surface area contributed by atoms with Gasteiger partial charge in [-0.2, -0.15) is 5.26 Å². The van der Waals surface area contributed by atoms with E-state index in [0.717, 1.165) is 5.56 Å². The maximum Gasteiger partial charge on any atom is 0.238 e. The minimum Gasteiger partial charge on any atom is -0.495 e. The van der Waals surface area contributed by atoms with Gasteiger partial charge in [0.25, 0.3) is 0 Å². The van der Waals surface area contributed by atoms with Crippen LogP contribution in [0.2, 0.25) is 5.02 Å². The average molecular weight is 604 g/mol. The number of nitrogens with one attached hydrogen (secondary N) is 1. The van der Waals surface area contributed by atoms with Crippen LogP contribution in [0.4, 0.5) is 5.69 Å². The van der Waals surface area contributed by atoms with E-state index in [1.807, 2.05) is 43.3 Å². The van der Waals surface area contributed by atoms with Crippen molar-refractivity contribution in [1.29, 1.82) is 5.26 Å². The van der Waals surface area contributed by atoms with Gasteiger partial charge in [0.2, 0.25) is 11.7 Å². The number of ether oxygens (including phenoxy) is 4. The van der Waals surface area contributed by atoms with E-state index in [2.05, 4.69) is 11.4 Å². The first-order valence-electron chi connectivity index (χ1n) is 13.0. The summed E-state index contributed by atoms with van der Waals surface area (Å²) in [5, 5.41) is 13.6. The van der Waals surface area contributed by atoms with E-state index in [4.69, 9.17) is 35.5 Å². The molecular formula is C32H30ClN3O5S. The smallest absolute Gasteiger partial charge is 0.238 e. The number of rotatable bonds is 11. The van der Waals surface area contributed by atoms with Gasteiger partial charge in [-0.25, -0.2) is 4.98 Å². The van der Waals surface area contributed by atoms with Crippen LogP contribution in [0.15, 0.2) is 71.8 Å². The molecule has 4 aromatic rings. The second-order valence-electron chi connectivity index (χ2n) is 8.98. The minimum absolute atomic E-state index is 0.270. The van der Waals surface area contributed by atoms with Gasteiger partial charge in [0.15, 0.2) is 11.5 Å². The predicted octanol–water partition coefficient (Wildman–Crippen LogP) is 7.48. The zero-order valence-electron chi connectivity index (χ0n) is 23.9. The Morgan fingerprint density at radius 2 is 1.60 bits per heavy atom. The zero-order valence-corrected chi connectivity index (χ0v) is 25.4. The molecule has 1 atom stereocenters. The molecule has 4 rings (SSSR count). The van der Waals surface area contributed by atoms with Gasteiger partial charge in [-0.3, -0.25) is 4.79 Å². The molecule has 0 aliphatic rings. The Bertz CT molecular complexity index is 1600. The fourth-order valence-corrected chi connectivity index (χ4v) is 5.58. The standard InChI is InChI=1S/C32H30ClN3O5S/c1-6-29(31(37)35-25-16-21(33)12-13-26(25)38-2)42-32-23(18-34)22(17-24(36-32)19-10-8-7-9-11-19)20-14-27(39-3)30(41-5)28(15-20)40-4/h7-17,29H,6H2,1-5H3,(H,35,37). The van der Waals surface area contributed by atoms with Crippen molar-refractivity contribution in [1.82, 2.24) is 4.98 Å². The number of nitriles is 1. The second kappa shape index (κ2) is 14.0. The van der Waals surface area contributed by atoms with Gasteiger partial charge in [-0.15, -0.1) is 0 Å². The third-order valence-electron chi connectivity index (χ3n) is 6.48. The molecule has 0 fully saturated rings. The average Bonchev–Trinajstić information content (AvgIpc) is 3.02. The van der Waals surface area contributed by atoms with Gasteiger partial charge >= 0.3 is 0 Å². The molecule has 216 valence electrons. The Balaban J connectivity index is 1.84. The quantitative estimate of drug-likeness (QED) is 0.176. The molecule has 0 saturated heterocycles. The van der Waals surface area contributed by atoms with Crippen LogP contribution in [0.3, 0.4) is 0 Å². The van der Waals surface area contributed by atoms with E-state index in [1.54, 1.807) is 30.3 Å². The van der Waals surface area contributed by atoms with Crippen LogP contribution in [-0.4, -0.2) is 44.6 Å². The highest BCUT2D eigenvalue weighted by atomic mass is 35.5. The van der Waals surface area contributed by atoms with Crippen molar-refractivity contribution in [3.05, 3.63) is 77.3 Å². The molecule has 0 aliphatic heterocycles. The zero-order chi connectivity index (χ0) is 30.2. The van der Waals surface area contributed by atoms with Gasteiger partial charge in [0, 0.05) is 16.1 Å². The fourth-order valence-electron chi connectivity index (χ4n) is 4.38. The van der Waals surface area contributed by atoms with E-state index in [1.165, 1.54) is 40.2 Å². The number of thioether (sulfide) groups is 1. The fraction of sp³-hybridized carbons (Fsp3) is 0.219. The number of hydrogen-bond donors (Lipinski definition) is 1. The molecule has 0 spiro atoms. The number of hydrogen-bond acceptors (Lipinski definition) is 8. The number of carbonyl (C=O) groups excluding carboxylic acids is 1. The molecule has 1 amide bonds. The van der Waals surface area contributed by atoms with Crippen LogP contribution >= 0.6 is 23.4 Å². The SMILES string of the molecule is CCC(Sc1nc(-c2ccccc2)cc(-c2cc(OC)c(OC)c(OC)c2)c1C#N)C(=O)Nc1cc(Cl)ccc1OC. The Kier molecular flexibility index (Phi) is 10.2. The van der Waals surface area contributed by atoms with Gasteiger partial charge in [0.1, 0.15) is 16.8 Å². The van der Waals surface area contributed by atoms with Gasteiger partial charge in [-0.1, -0.05) is 60.6 Å². The number of halogens is 1. The third kappa shape index (κ3) is 6.56. The predicted molar refractivity (Wildman–Crippen MR) is 166 cm³/mol. The van der Waals surface area contributed by atoms with Gasteiger partial charge in [-0.05, 0) is 48.4 Å².